The van der Waals surface area contributed by atoms with Gasteiger partial charge in [-0.25, -0.2) is 0 Å². The van der Waals surface area contributed by atoms with Gasteiger partial charge in [0.25, 0.3) is 0 Å². The van der Waals surface area contributed by atoms with Gasteiger partial charge in [-0.1, -0.05) is 38.8 Å². The van der Waals surface area contributed by atoms with Gasteiger partial charge in [0.15, 0.2) is 0 Å². The first-order valence-electron chi connectivity index (χ1n) is 6.08. The number of thiophene rings is 1. The highest BCUT2D eigenvalue weighted by Gasteiger charge is 2.22. The quantitative estimate of drug-likeness (QED) is 0.774. The summed E-state index contributed by atoms with van der Waals surface area (Å²) in [6, 6.07) is 0.413. The highest BCUT2D eigenvalue weighted by atomic mass is 35.5. The van der Waals surface area contributed by atoms with Crippen LogP contribution in [0.2, 0.25) is 5.02 Å². The Morgan fingerprint density at radius 2 is 2.12 bits per heavy atom. The molecule has 0 radical (unpaired) electrons. The van der Waals surface area contributed by atoms with Crippen molar-refractivity contribution in [3.05, 3.63) is 20.8 Å². The van der Waals surface area contributed by atoms with Gasteiger partial charge in [0, 0.05) is 10.9 Å². The van der Waals surface area contributed by atoms with Gasteiger partial charge >= 0.3 is 0 Å². The number of rotatable bonds is 6. The average Bonchev–Trinajstić information content (AvgIpc) is 2.61. The monoisotopic (exact) mass is 259 g/mol. The first-order chi connectivity index (χ1) is 7.61. The molecule has 0 aliphatic carbocycles. The summed E-state index contributed by atoms with van der Waals surface area (Å²) in [5.41, 5.74) is 1.20. The minimum Gasteiger partial charge on any atom is -0.309 e. The Bertz CT molecular complexity index is 322. The summed E-state index contributed by atoms with van der Waals surface area (Å²) in [6.45, 7) is 9.86. The topological polar surface area (TPSA) is 12.0 Å². The SMILES string of the molecule is CCCNC(c1scc(C)c1Cl)C(C)CC. The molecule has 1 nitrogen and oxygen atoms in total. The van der Waals surface area contributed by atoms with Crippen molar-refractivity contribution in [2.45, 2.75) is 46.6 Å². The van der Waals surface area contributed by atoms with E-state index < -0.39 is 0 Å². The second kappa shape index (κ2) is 6.63. The molecule has 0 aromatic carbocycles. The van der Waals surface area contributed by atoms with Crippen molar-refractivity contribution in [3.63, 3.8) is 0 Å². The van der Waals surface area contributed by atoms with E-state index in [0.717, 1.165) is 18.0 Å². The Morgan fingerprint density at radius 1 is 1.44 bits per heavy atom. The lowest BCUT2D eigenvalue weighted by atomic mass is 9.97. The maximum Gasteiger partial charge on any atom is 0.0590 e. The van der Waals surface area contributed by atoms with E-state index in [2.05, 4.69) is 38.4 Å². The number of halogens is 1. The molecule has 16 heavy (non-hydrogen) atoms. The zero-order valence-corrected chi connectivity index (χ0v) is 12.2. The largest absolute Gasteiger partial charge is 0.309 e. The number of hydrogen-bond donors (Lipinski definition) is 1. The Hall–Kier alpha value is -0.0500. The van der Waals surface area contributed by atoms with Crippen LogP contribution in [0.1, 0.15) is 50.1 Å². The molecule has 0 bridgehead atoms. The summed E-state index contributed by atoms with van der Waals surface area (Å²) in [6.07, 6.45) is 2.34. The van der Waals surface area contributed by atoms with Crippen LogP contribution in [0.15, 0.2) is 5.38 Å². The lowest BCUT2D eigenvalue weighted by Crippen LogP contribution is -2.27. The van der Waals surface area contributed by atoms with E-state index in [-0.39, 0.29) is 0 Å². The van der Waals surface area contributed by atoms with Gasteiger partial charge in [-0.15, -0.1) is 11.3 Å². The summed E-state index contributed by atoms with van der Waals surface area (Å²) < 4.78 is 0. The average molecular weight is 260 g/mol. The van der Waals surface area contributed by atoms with Crippen LogP contribution < -0.4 is 5.32 Å². The van der Waals surface area contributed by atoms with Gasteiger partial charge in [0.2, 0.25) is 0 Å². The summed E-state index contributed by atoms with van der Waals surface area (Å²) in [5, 5.41) is 6.73. The predicted molar refractivity (Wildman–Crippen MR) is 74.6 cm³/mol. The van der Waals surface area contributed by atoms with Crippen LogP contribution in [0.25, 0.3) is 0 Å². The zero-order chi connectivity index (χ0) is 12.1. The number of hydrogen-bond acceptors (Lipinski definition) is 2. The van der Waals surface area contributed by atoms with Crippen molar-refractivity contribution >= 4 is 22.9 Å². The van der Waals surface area contributed by atoms with Gasteiger partial charge < -0.3 is 5.32 Å². The van der Waals surface area contributed by atoms with Gasteiger partial charge in [0.05, 0.1) is 5.02 Å². The Morgan fingerprint density at radius 3 is 2.56 bits per heavy atom. The Balaban J connectivity index is 2.87. The first kappa shape index (κ1) is 14.0. The van der Waals surface area contributed by atoms with Crippen molar-refractivity contribution in [3.8, 4) is 0 Å². The summed E-state index contributed by atoms with van der Waals surface area (Å²) in [7, 11) is 0. The van der Waals surface area contributed by atoms with Crippen molar-refractivity contribution < 1.29 is 0 Å². The molecule has 1 rings (SSSR count). The van der Waals surface area contributed by atoms with Gasteiger partial charge in [-0.2, -0.15) is 0 Å². The Labute approximate surface area is 108 Å². The van der Waals surface area contributed by atoms with Gasteiger partial charge in [0.1, 0.15) is 0 Å². The van der Waals surface area contributed by atoms with Crippen LogP contribution in [0.5, 0.6) is 0 Å². The van der Waals surface area contributed by atoms with Crippen molar-refractivity contribution in [2.24, 2.45) is 5.92 Å². The molecule has 0 spiro atoms. The molecule has 2 unspecified atom stereocenters. The van der Waals surface area contributed by atoms with Crippen molar-refractivity contribution in [1.29, 1.82) is 0 Å². The van der Waals surface area contributed by atoms with Crippen LogP contribution in [0, 0.1) is 12.8 Å². The zero-order valence-electron chi connectivity index (χ0n) is 10.6. The van der Waals surface area contributed by atoms with E-state index in [1.807, 2.05) is 0 Å². The van der Waals surface area contributed by atoms with E-state index in [0.29, 0.717) is 12.0 Å². The molecule has 0 amide bonds. The van der Waals surface area contributed by atoms with Gasteiger partial charge in [-0.3, -0.25) is 0 Å². The highest BCUT2D eigenvalue weighted by molar-refractivity contribution is 7.10. The van der Waals surface area contributed by atoms with E-state index >= 15 is 0 Å². The van der Waals surface area contributed by atoms with Gasteiger partial charge in [-0.05, 0) is 36.8 Å². The summed E-state index contributed by atoms with van der Waals surface area (Å²) in [5.74, 6) is 0.627. The maximum atomic E-state index is 6.35. The molecule has 0 aliphatic heterocycles. The summed E-state index contributed by atoms with van der Waals surface area (Å²) >= 11 is 8.14. The Kier molecular flexibility index (Phi) is 5.81. The normalized spacial score (nSPS) is 15.1. The molecule has 0 saturated heterocycles. The van der Waals surface area contributed by atoms with E-state index in [4.69, 9.17) is 11.6 Å². The van der Waals surface area contributed by atoms with Crippen molar-refractivity contribution in [1.82, 2.24) is 5.32 Å². The van der Waals surface area contributed by atoms with Crippen molar-refractivity contribution in [2.75, 3.05) is 6.54 Å². The molecule has 1 aromatic heterocycles. The minimum atomic E-state index is 0.413. The molecule has 0 aliphatic rings. The fourth-order valence-corrected chi connectivity index (χ4v) is 3.27. The van der Waals surface area contributed by atoms with Crippen LogP contribution in [-0.2, 0) is 0 Å². The predicted octanol–water partition coefficient (Wildman–Crippen LogP) is 4.80. The number of nitrogens with one attached hydrogen (secondary N) is 1. The third-order valence-electron chi connectivity index (χ3n) is 3.03. The first-order valence-corrected chi connectivity index (χ1v) is 7.34. The molecule has 92 valence electrons. The maximum absolute atomic E-state index is 6.35. The van der Waals surface area contributed by atoms with Crippen LogP contribution in [-0.4, -0.2) is 6.54 Å². The highest BCUT2D eigenvalue weighted by Crippen LogP contribution is 2.36. The molecule has 0 fully saturated rings. The molecule has 1 aromatic rings. The smallest absolute Gasteiger partial charge is 0.0590 e. The lowest BCUT2D eigenvalue weighted by Gasteiger charge is -2.23. The number of aryl methyl sites for hydroxylation is 1. The summed E-state index contributed by atoms with van der Waals surface area (Å²) in [4.78, 5) is 1.31. The minimum absolute atomic E-state index is 0.413. The fraction of sp³-hybridized carbons (Fsp3) is 0.692. The molecule has 1 N–H and O–H groups in total. The van der Waals surface area contributed by atoms with Crippen LogP contribution in [0.4, 0.5) is 0 Å². The fourth-order valence-electron chi connectivity index (χ4n) is 1.75. The van der Waals surface area contributed by atoms with Crippen LogP contribution >= 0.6 is 22.9 Å². The standard InChI is InChI=1S/C13H22ClNS/c1-5-7-15-12(9(3)6-2)13-11(14)10(4)8-16-13/h8-9,12,15H,5-7H2,1-4H3. The molecule has 3 heteroatoms. The van der Waals surface area contributed by atoms with E-state index in [9.17, 15) is 0 Å². The molecular formula is C13H22ClNS. The van der Waals surface area contributed by atoms with E-state index in [1.165, 1.54) is 16.9 Å². The molecule has 0 saturated carbocycles. The van der Waals surface area contributed by atoms with Crippen LogP contribution in [0.3, 0.4) is 0 Å². The molecule has 2 atom stereocenters. The third kappa shape index (κ3) is 3.22. The lowest BCUT2D eigenvalue weighted by molar-refractivity contribution is 0.382. The third-order valence-corrected chi connectivity index (χ3v) is 4.83. The second-order valence-corrected chi connectivity index (χ2v) is 5.70. The van der Waals surface area contributed by atoms with E-state index in [1.54, 1.807) is 11.3 Å². The molecular weight excluding hydrogens is 238 g/mol. The second-order valence-electron chi connectivity index (χ2n) is 4.41. The molecule has 1 heterocycles.